The minimum atomic E-state index is -0.430. The van der Waals surface area contributed by atoms with Crippen molar-refractivity contribution in [3.63, 3.8) is 0 Å². The van der Waals surface area contributed by atoms with Gasteiger partial charge in [-0.15, -0.1) is 11.8 Å². The highest BCUT2D eigenvalue weighted by atomic mass is 32.2. The molecule has 0 bridgehead atoms. The first-order chi connectivity index (χ1) is 14.0. The summed E-state index contributed by atoms with van der Waals surface area (Å²) in [6.07, 6.45) is 3.01. The van der Waals surface area contributed by atoms with Gasteiger partial charge >= 0.3 is 0 Å². The average Bonchev–Trinajstić information content (AvgIpc) is 3.38. The Morgan fingerprint density at radius 2 is 2.07 bits per heavy atom. The molecule has 7 heteroatoms. The van der Waals surface area contributed by atoms with Gasteiger partial charge in [0.05, 0.1) is 17.6 Å². The summed E-state index contributed by atoms with van der Waals surface area (Å²) < 4.78 is 1.80. The molecule has 2 saturated heterocycles. The van der Waals surface area contributed by atoms with Gasteiger partial charge in [0, 0.05) is 18.2 Å². The highest BCUT2D eigenvalue weighted by molar-refractivity contribution is 8.01. The quantitative estimate of drug-likeness (QED) is 0.720. The summed E-state index contributed by atoms with van der Waals surface area (Å²) in [5.41, 5.74) is 1.14. The molecular formula is C22H22N4O2S. The van der Waals surface area contributed by atoms with Crippen molar-refractivity contribution < 1.29 is 9.59 Å². The van der Waals surface area contributed by atoms with Gasteiger partial charge < -0.3 is 10.2 Å². The van der Waals surface area contributed by atoms with Gasteiger partial charge in [0.2, 0.25) is 11.8 Å². The first-order valence-electron chi connectivity index (χ1n) is 9.81. The zero-order chi connectivity index (χ0) is 20.0. The molecule has 1 N–H and O–H groups in total. The fourth-order valence-electron chi connectivity index (χ4n) is 4.38. The summed E-state index contributed by atoms with van der Waals surface area (Å²) in [6.45, 7) is 2.62. The Balaban J connectivity index is 1.37. The van der Waals surface area contributed by atoms with E-state index in [2.05, 4.69) is 41.6 Å². The van der Waals surface area contributed by atoms with Crippen molar-refractivity contribution in [3.05, 3.63) is 60.3 Å². The Hall–Kier alpha value is -2.80. The monoisotopic (exact) mass is 406 g/mol. The fraction of sp³-hybridized carbons (Fsp3) is 0.318. The number of fused-ring (bicyclic) bond motifs is 2. The van der Waals surface area contributed by atoms with Crippen molar-refractivity contribution in [3.8, 4) is 0 Å². The average molecular weight is 407 g/mol. The molecule has 1 aromatic heterocycles. The van der Waals surface area contributed by atoms with E-state index >= 15 is 0 Å². The predicted molar refractivity (Wildman–Crippen MR) is 115 cm³/mol. The normalized spacial score (nSPS) is 23.6. The van der Waals surface area contributed by atoms with Gasteiger partial charge in [0.25, 0.3) is 0 Å². The number of carbonyl (C=O) groups is 2. The van der Waals surface area contributed by atoms with Crippen LogP contribution < -0.4 is 5.32 Å². The van der Waals surface area contributed by atoms with Crippen LogP contribution in [0.25, 0.3) is 10.8 Å². The topological polar surface area (TPSA) is 67.2 Å². The van der Waals surface area contributed by atoms with Gasteiger partial charge in [0.15, 0.2) is 0 Å². The van der Waals surface area contributed by atoms with Gasteiger partial charge in [0.1, 0.15) is 11.9 Å². The van der Waals surface area contributed by atoms with Crippen LogP contribution in [-0.2, 0) is 16.1 Å². The third-order valence-electron chi connectivity index (χ3n) is 5.92. The molecule has 148 valence electrons. The highest BCUT2D eigenvalue weighted by Crippen LogP contribution is 2.47. The van der Waals surface area contributed by atoms with Crippen molar-refractivity contribution in [2.24, 2.45) is 0 Å². The SMILES string of the molecule is CC12CCC(=O)N1C(C(=O)Nc1ccnn1Cc1cccc3ccccc13)CS2. The molecule has 0 spiro atoms. The second-order valence-electron chi connectivity index (χ2n) is 7.77. The highest BCUT2D eigenvalue weighted by Gasteiger charge is 2.52. The number of amides is 2. The van der Waals surface area contributed by atoms with Crippen molar-refractivity contribution in [1.29, 1.82) is 0 Å². The summed E-state index contributed by atoms with van der Waals surface area (Å²) in [7, 11) is 0. The summed E-state index contributed by atoms with van der Waals surface area (Å²) in [6, 6.07) is 15.8. The second kappa shape index (κ2) is 6.91. The molecule has 0 radical (unpaired) electrons. The standard InChI is InChI=1S/C22H22N4O2S/c1-22-11-9-20(27)26(22)18(14-29-22)21(28)24-19-10-12-23-25(19)13-16-7-4-6-15-5-2-3-8-17(15)16/h2-8,10,12,18H,9,11,13-14H2,1H3,(H,24,28). The van der Waals surface area contributed by atoms with Gasteiger partial charge in [-0.2, -0.15) is 5.10 Å². The molecule has 2 aliphatic rings. The number of aromatic nitrogens is 2. The predicted octanol–water partition coefficient (Wildman–Crippen LogP) is 3.48. The summed E-state index contributed by atoms with van der Waals surface area (Å²) in [5.74, 6) is 1.21. The lowest BCUT2D eigenvalue weighted by atomic mass is 10.0. The Morgan fingerprint density at radius 3 is 2.97 bits per heavy atom. The van der Waals surface area contributed by atoms with Crippen LogP contribution in [0.15, 0.2) is 54.7 Å². The lowest BCUT2D eigenvalue weighted by molar-refractivity contribution is -0.135. The number of nitrogens with one attached hydrogen (secondary N) is 1. The molecule has 2 aliphatic heterocycles. The molecule has 2 fully saturated rings. The molecule has 2 amide bonds. The number of hydrogen-bond donors (Lipinski definition) is 1. The molecule has 3 heterocycles. The third kappa shape index (κ3) is 3.09. The van der Waals surface area contributed by atoms with E-state index < -0.39 is 6.04 Å². The molecule has 5 rings (SSSR count). The van der Waals surface area contributed by atoms with E-state index in [9.17, 15) is 9.59 Å². The molecule has 6 nitrogen and oxygen atoms in total. The maximum Gasteiger partial charge on any atom is 0.249 e. The molecule has 2 atom stereocenters. The summed E-state index contributed by atoms with van der Waals surface area (Å²) in [4.78, 5) is 26.9. The van der Waals surface area contributed by atoms with Crippen LogP contribution in [0.3, 0.4) is 0 Å². The van der Waals surface area contributed by atoms with Gasteiger partial charge in [-0.05, 0) is 29.7 Å². The van der Waals surface area contributed by atoms with Crippen LogP contribution in [0.1, 0.15) is 25.3 Å². The van der Waals surface area contributed by atoms with Gasteiger partial charge in [-0.3, -0.25) is 9.59 Å². The number of hydrogen-bond acceptors (Lipinski definition) is 4. The largest absolute Gasteiger partial charge is 0.315 e. The Bertz CT molecular complexity index is 1110. The van der Waals surface area contributed by atoms with Crippen LogP contribution in [0, 0.1) is 0 Å². The van der Waals surface area contributed by atoms with E-state index in [4.69, 9.17) is 0 Å². The van der Waals surface area contributed by atoms with E-state index in [1.54, 1.807) is 33.6 Å². The molecule has 29 heavy (non-hydrogen) atoms. The minimum absolute atomic E-state index is 0.0712. The number of thioether (sulfide) groups is 1. The maximum absolute atomic E-state index is 13.0. The van der Waals surface area contributed by atoms with Crippen LogP contribution >= 0.6 is 11.8 Å². The number of anilines is 1. The molecule has 0 saturated carbocycles. The van der Waals surface area contributed by atoms with Crippen molar-refractivity contribution >= 4 is 40.2 Å². The fourth-order valence-corrected chi connectivity index (χ4v) is 5.81. The van der Waals surface area contributed by atoms with E-state index in [1.165, 1.54) is 10.8 Å². The Kier molecular flexibility index (Phi) is 4.35. The first-order valence-corrected chi connectivity index (χ1v) is 10.8. The Labute approximate surface area is 173 Å². The lowest BCUT2D eigenvalue weighted by Gasteiger charge is -2.29. The molecule has 0 aliphatic carbocycles. The van der Waals surface area contributed by atoms with Crippen LogP contribution in [0.5, 0.6) is 0 Å². The van der Waals surface area contributed by atoms with Crippen molar-refractivity contribution in [1.82, 2.24) is 14.7 Å². The van der Waals surface area contributed by atoms with Crippen LogP contribution in [-0.4, -0.2) is 43.2 Å². The first kappa shape index (κ1) is 18.2. The molecular weight excluding hydrogens is 384 g/mol. The number of carbonyl (C=O) groups excluding carboxylic acids is 2. The summed E-state index contributed by atoms with van der Waals surface area (Å²) >= 11 is 1.70. The molecule has 2 aromatic carbocycles. The van der Waals surface area contributed by atoms with Gasteiger partial charge in [-0.25, -0.2) is 4.68 Å². The number of nitrogens with zero attached hydrogens (tertiary/aromatic N) is 3. The van der Waals surface area contributed by atoms with Crippen LogP contribution in [0.2, 0.25) is 0 Å². The third-order valence-corrected chi connectivity index (χ3v) is 7.42. The van der Waals surface area contributed by atoms with E-state index in [-0.39, 0.29) is 16.7 Å². The molecule has 2 unspecified atom stereocenters. The summed E-state index contributed by atoms with van der Waals surface area (Å²) in [5, 5.41) is 9.77. The van der Waals surface area contributed by atoms with Crippen molar-refractivity contribution in [2.75, 3.05) is 11.1 Å². The zero-order valence-electron chi connectivity index (χ0n) is 16.2. The van der Waals surface area contributed by atoms with E-state index in [0.717, 1.165) is 12.0 Å². The van der Waals surface area contributed by atoms with Gasteiger partial charge in [-0.1, -0.05) is 42.5 Å². The van der Waals surface area contributed by atoms with Crippen molar-refractivity contribution in [2.45, 2.75) is 37.2 Å². The molecule has 3 aromatic rings. The van der Waals surface area contributed by atoms with E-state index in [1.807, 2.05) is 18.2 Å². The lowest BCUT2D eigenvalue weighted by Crippen LogP contribution is -2.48. The number of rotatable bonds is 4. The zero-order valence-corrected chi connectivity index (χ0v) is 17.0. The maximum atomic E-state index is 13.0. The van der Waals surface area contributed by atoms with E-state index in [0.29, 0.717) is 24.5 Å². The Morgan fingerprint density at radius 1 is 1.24 bits per heavy atom. The minimum Gasteiger partial charge on any atom is -0.315 e. The smallest absolute Gasteiger partial charge is 0.249 e. The number of benzene rings is 2. The van der Waals surface area contributed by atoms with Crippen LogP contribution in [0.4, 0.5) is 5.82 Å². The second-order valence-corrected chi connectivity index (χ2v) is 9.27.